The van der Waals surface area contributed by atoms with Gasteiger partial charge in [0.25, 0.3) is 10.1 Å². The highest BCUT2D eigenvalue weighted by Crippen LogP contribution is 2.24. The Labute approximate surface area is 156 Å². The van der Waals surface area contributed by atoms with E-state index in [0.29, 0.717) is 24.9 Å². The largest absolute Gasteiger partial charge is 0.444 e. The molecule has 1 heterocycles. The molecule has 0 aromatic heterocycles. The molecule has 0 unspecified atom stereocenters. The lowest BCUT2D eigenvalue weighted by Crippen LogP contribution is -2.39. The molecule has 0 spiro atoms. The first-order chi connectivity index (χ1) is 12.2. The van der Waals surface area contributed by atoms with Crippen LogP contribution in [0.5, 0.6) is 0 Å². The highest BCUT2D eigenvalue weighted by molar-refractivity contribution is 7.85. The summed E-state index contributed by atoms with van der Waals surface area (Å²) < 4.78 is 34.6. The van der Waals surface area contributed by atoms with Gasteiger partial charge in [0.15, 0.2) is 0 Å². The van der Waals surface area contributed by atoms with Crippen LogP contribution in [0.15, 0.2) is 30.3 Å². The first-order valence-electron chi connectivity index (χ1n) is 9.07. The Kier molecular flexibility index (Phi) is 7.06. The van der Waals surface area contributed by atoms with Crippen molar-refractivity contribution in [1.82, 2.24) is 4.90 Å². The second-order valence-electron chi connectivity index (χ2n) is 7.62. The van der Waals surface area contributed by atoms with Crippen molar-refractivity contribution in [2.45, 2.75) is 63.9 Å². The van der Waals surface area contributed by atoms with Crippen molar-refractivity contribution in [2.75, 3.05) is 13.2 Å². The van der Waals surface area contributed by atoms with Crippen molar-refractivity contribution in [2.24, 2.45) is 0 Å². The van der Waals surface area contributed by atoms with Gasteiger partial charge >= 0.3 is 6.09 Å². The van der Waals surface area contributed by atoms with Crippen molar-refractivity contribution in [3.05, 3.63) is 35.9 Å². The molecule has 0 N–H and O–H groups in total. The Bertz CT molecular complexity index is 682. The van der Waals surface area contributed by atoms with E-state index in [4.69, 9.17) is 8.92 Å². The minimum Gasteiger partial charge on any atom is -0.444 e. The molecule has 1 aliphatic heterocycles. The summed E-state index contributed by atoms with van der Waals surface area (Å²) in [6, 6.07) is 9.06. The lowest BCUT2D eigenvalue weighted by Gasteiger charge is -2.28. The summed E-state index contributed by atoms with van der Waals surface area (Å²) in [5, 5.41) is 0. The molecule has 1 aromatic rings. The van der Waals surface area contributed by atoms with E-state index in [2.05, 4.69) is 0 Å². The minimum absolute atomic E-state index is 0.0882. The fourth-order valence-corrected chi connectivity index (χ4v) is 4.08. The maximum Gasteiger partial charge on any atom is 0.410 e. The standard InChI is InChI=1S/C19H29NO5S/c1-19(2,3)25-18(21)20-13-7-11-17(20)12-8-14-24-26(22,23)15-16-9-5-4-6-10-16/h4-6,9-10,17H,7-8,11-15H2,1-3H3/t17-/m0/s1. The molecule has 6 nitrogen and oxygen atoms in total. The van der Waals surface area contributed by atoms with Gasteiger partial charge in [-0.1, -0.05) is 30.3 Å². The molecule has 7 heteroatoms. The lowest BCUT2D eigenvalue weighted by molar-refractivity contribution is 0.0216. The van der Waals surface area contributed by atoms with E-state index in [9.17, 15) is 13.2 Å². The van der Waals surface area contributed by atoms with Crippen LogP contribution in [0.2, 0.25) is 0 Å². The van der Waals surface area contributed by atoms with Crippen LogP contribution in [-0.2, 0) is 24.8 Å². The maximum absolute atomic E-state index is 12.2. The topological polar surface area (TPSA) is 72.9 Å². The third-order valence-electron chi connectivity index (χ3n) is 4.14. The van der Waals surface area contributed by atoms with Gasteiger partial charge in [-0.15, -0.1) is 0 Å². The van der Waals surface area contributed by atoms with Crippen LogP contribution < -0.4 is 0 Å². The van der Waals surface area contributed by atoms with Gasteiger partial charge in [0.05, 0.1) is 6.61 Å². The molecule has 0 bridgehead atoms. The number of rotatable bonds is 7. The van der Waals surface area contributed by atoms with Gasteiger partial charge in [-0.25, -0.2) is 4.79 Å². The molecule has 1 amide bonds. The molecule has 2 rings (SSSR count). The lowest BCUT2D eigenvalue weighted by atomic mass is 10.1. The number of ether oxygens (including phenoxy) is 1. The maximum atomic E-state index is 12.2. The Hall–Kier alpha value is -1.60. The number of hydrogen-bond acceptors (Lipinski definition) is 5. The zero-order valence-corrected chi connectivity index (χ0v) is 16.6. The van der Waals surface area contributed by atoms with Crippen molar-refractivity contribution in [3.63, 3.8) is 0 Å². The van der Waals surface area contributed by atoms with E-state index >= 15 is 0 Å². The first-order valence-corrected chi connectivity index (χ1v) is 10.6. The molecule has 1 aromatic carbocycles. The van der Waals surface area contributed by atoms with Crippen LogP contribution >= 0.6 is 0 Å². The third-order valence-corrected chi connectivity index (χ3v) is 5.35. The fourth-order valence-electron chi connectivity index (χ4n) is 3.02. The van der Waals surface area contributed by atoms with Gasteiger partial charge in [-0.3, -0.25) is 4.18 Å². The normalized spacial score (nSPS) is 18.1. The summed E-state index contributed by atoms with van der Waals surface area (Å²) in [5.41, 5.74) is 0.193. The van der Waals surface area contributed by atoms with Crippen molar-refractivity contribution >= 4 is 16.2 Å². The summed E-state index contributed by atoms with van der Waals surface area (Å²) in [6.07, 6.45) is 2.85. The van der Waals surface area contributed by atoms with Crippen LogP contribution in [0.25, 0.3) is 0 Å². The molecule has 1 fully saturated rings. The van der Waals surface area contributed by atoms with E-state index in [1.54, 1.807) is 29.2 Å². The Morgan fingerprint density at radius 2 is 1.92 bits per heavy atom. The molecule has 146 valence electrons. The number of hydrogen-bond donors (Lipinski definition) is 0. The van der Waals surface area contributed by atoms with E-state index in [1.165, 1.54) is 0 Å². The Balaban J connectivity index is 1.75. The molecular weight excluding hydrogens is 354 g/mol. The third kappa shape index (κ3) is 6.96. The minimum atomic E-state index is -3.59. The number of amides is 1. The Morgan fingerprint density at radius 3 is 2.58 bits per heavy atom. The van der Waals surface area contributed by atoms with E-state index in [0.717, 1.165) is 12.8 Å². The summed E-state index contributed by atoms with van der Waals surface area (Å²) in [4.78, 5) is 14.0. The molecule has 1 atom stereocenters. The van der Waals surface area contributed by atoms with Crippen LogP contribution in [0, 0.1) is 0 Å². The summed E-state index contributed by atoms with van der Waals surface area (Å²) in [6.45, 7) is 6.37. The number of carbonyl (C=O) groups is 1. The van der Waals surface area contributed by atoms with Crippen molar-refractivity contribution in [3.8, 4) is 0 Å². The predicted molar refractivity (Wildman–Crippen MR) is 100 cm³/mol. The van der Waals surface area contributed by atoms with Gasteiger partial charge in [0, 0.05) is 12.6 Å². The second-order valence-corrected chi connectivity index (χ2v) is 9.26. The zero-order valence-electron chi connectivity index (χ0n) is 15.8. The second kappa shape index (κ2) is 8.86. The number of carbonyl (C=O) groups excluding carboxylic acids is 1. The number of nitrogens with zero attached hydrogens (tertiary/aromatic N) is 1. The van der Waals surface area contributed by atoms with Crippen molar-refractivity contribution < 1.29 is 22.1 Å². The predicted octanol–water partition coefficient (Wildman–Crippen LogP) is 3.71. The molecule has 1 aliphatic rings. The monoisotopic (exact) mass is 383 g/mol. The first kappa shape index (κ1) is 20.7. The average molecular weight is 384 g/mol. The molecule has 26 heavy (non-hydrogen) atoms. The van der Waals surface area contributed by atoms with Gasteiger partial charge in [-0.05, 0) is 52.0 Å². The molecular formula is C19H29NO5S. The smallest absolute Gasteiger partial charge is 0.410 e. The molecule has 0 saturated carbocycles. The molecule has 0 aliphatic carbocycles. The van der Waals surface area contributed by atoms with Crippen LogP contribution in [-0.4, -0.2) is 44.2 Å². The average Bonchev–Trinajstić information content (AvgIpc) is 2.99. The van der Waals surface area contributed by atoms with Crippen LogP contribution in [0.4, 0.5) is 4.79 Å². The fraction of sp³-hybridized carbons (Fsp3) is 0.632. The van der Waals surface area contributed by atoms with E-state index in [1.807, 2.05) is 26.8 Å². The van der Waals surface area contributed by atoms with Crippen molar-refractivity contribution in [1.29, 1.82) is 0 Å². The quantitative estimate of drug-likeness (QED) is 0.530. The number of likely N-dealkylation sites (tertiary alicyclic amines) is 1. The van der Waals surface area contributed by atoms with Gasteiger partial charge in [-0.2, -0.15) is 8.42 Å². The van der Waals surface area contributed by atoms with Crippen LogP contribution in [0.3, 0.4) is 0 Å². The highest BCUT2D eigenvalue weighted by Gasteiger charge is 2.31. The van der Waals surface area contributed by atoms with Crippen LogP contribution in [0.1, 0.15) is 52.0 Å². The van der Waals surface area contributed by atoms with E-state index < -0.39 is 15.7 Å². The van der Waals surface area contributed by atoms with Gasteiger partial charge in [0.1, 0.15) is 11.4 Å². The zero-order chi connectivity index (χ0) is 19.2. The molecule has 1 saturated heterocycles. The Morgan fingerprint density at radius 1 is 1.23 bits per heavy atom. The SMILES string of the molecule is CC(C)(C)OC(=O)N1CCC[C@H]1CCCOS(=O)(=O)Cc1ccccc1. The summed E-state index contributed by atoms with van der Waals surface area (Å²) in [5.74, 6) is -0.124. The van der Waals surface area contributed by atoms with Gasteiger partial charge < -0.3 is 9.64 Å². The molecule has 0 radical (unpaired) electrons. The highest BCUT2D eigenvalue weighted by atomic mass is 32.2. The van der Waals surface area contributed by atoms with E-state index in [-0.39, 0.29) is 24.5 Å². The summed E-state index contributed by atoms with van der Waals surface area (Å²) >= 11 is 0. The van der Waals surface area contributed by atoms with Gasteiger partial charge in [0.2, 0.25) is 0 Å². The number of benzene rings is 1. The summed E-state index contributed by atoms with van der Waals surface area (Å²) in [7, 11) is -3.59.